The number of rotatable bonds is 9. The van der Waals surface area contributed by atoms with Crippen LogP contribution in [0.25, 0.3) is 6.08 Å². The molecule has 1 N–H and O–H groups in total. The lowest BCUT2D eigenvalue weighted by atomic mass is 10.1. The zero-order valence-corrected chi connectivity index (χ0v) is 17.2. The number of hydrogen-bond donors (Lipinski definition) is 1. The first-order valence-corrected chi connectivity index (χ1v) is 10.1. The summed E-state index contributed by atoms with van der Waals surface area (Å²) >= 11 is 1.40. The Morgan fingerprint density at radius 3 is 2.59 bits per heavy atom. The average Bonchev–Trinajstić information content (AvgIpc) is 3.19. The van der Waals surface area contributed by atoms with E-state index in [9.17, 15) is 4.79 Å². The smallest absolute Gasteiger partial charge is 0.250 e. The molecule has 7 heteroatoms. The molecule has 150 valence electrons. The number of amides is 1. The van der Waals surface area contributed by atoms with E-state index in [1.807, 2.05) is 24.3 Å². The van der Waals surface area contributed by atoms with Gasteiger partial charge in [0, 0.05) is 12.5 Å². The minimum atomic E-state index is -0.258. The third kappa shape index (κ3) is 6.15. The van der Waals surface area contributed by atoms with Gasteiger partial charge in [-0.3, -0.25) is 10.1 Å². The summed E-state index contributed by atoms with van der Waals surface area (Å²) in [6.07, 6.45) is 5.99. The number of benzene rings is 2. The van der Waals surface area contributed by atoms with Gasteiger partial charge in [0.25, 0.3) is 0 Å². The van der Waals surface area contributed by atoms with Crippen LogP contribution >= 0.6 is 11.3 Å². The second-order valence-corrected chi connectivity index (χ2v) is 7.34. The fraction of sp³-hybridized carbons (Fsp3) is 0.227. The van der Waals surface area contributed by atoms with Crippen molar-refractivity contribution in [3.05, 3.63) is 70.7 Å². The fourth-order valence-electron chi connectivity index (χ4n) is 2.77. The molecule has 0 bridgehead atoms. The maximum atomic E-state index is 12.2. The molecule has 0 saturated carbocycles. The van der Waals surface area contributed by atoms with Crippen molar-refractivity contribution in [1.29, 1.82) is 0 Å². The zero-order chi connectivity index (χ0) is 20.5. The van der Waals surface area contributed by atoms with E-state index in [0.717, 1.165) is 29.8 Å². The van der Waals surface area contributed by atoms with E-state index in [0.29, 0.717) is 16.6 Å². The van der Waals surface area contributed by atoms with Gasteiger partial charge < -0.3 is 9.47 Å². The molecular formula is C22H23N3O3S. The molecule has 6 nitrogen and oxygen atoms in total. The number of nitrogens with one attached hydrogen (secondary N) is 1. The van der Waals surface area contributed by atoms with Gasteiger partial charge in [0.15, 0.2) is 11.5 Å². The first-order chi connectivity index (χ1) is 14.2. The Bertz CT molecular complexity index is 970. The Morgan fingerprint density at radius 2 is 1.83 bits per heavy atom. The van der Waals surface area contributed by atoms with Gasteiger partial charge in [-0.2, -0.15) is 0 Å². The summed E-state index contributed by atoms with van der Waals surface area (Å²) in [4.78, 5) is 12.2. The van der Waals surface area contributed by atoms with Crippen LogP contribution < -0.4 is 14.8 Å². The molecule has 29 heavy (non-hydrogen) atoms. The lowest BCUT2D eigenvalue weighted by Crippen LogP contribution is -2.07. The molecule has 0 radical (unpaired) electrons. The largest absolute Gasteiger partial charge is 0.493 e. The first-order valence-electron chi connectivity index (χ1n) is 9.25. The van der Waals surface area contributed by atoms with Crippen molar-refractivity contribution in [2.45, 2.75) is 19.3 Å². The zero-order valence-electron chi connectivity index (χ0n) is 16.4. The van der Waals surface area contributed by atoms with Crippen molar-refractivity contribution in [2.24, 2.45) is 0 Å². The van der Waals surface area contributed by atoms with E-state index in [-0.39, 0.29) is 5.91 Å². The maximum Gasteiger partial charge on any atom is 0.250 e. The molecule has 0 spiro atoms. The molecule has 1 amide bonds. The van der Waals surface area contributed by atoms with Gasteiger partial charge in [-0.25, -0.2) is 0 Å². The summed E-state index contributed by atoms with van der Waals surface area (Å²) in [5, 5.41) is 12.4. The molecule has 3 aromatic rings. The second-order valence-electron chi connectivity index (χ2n) is 6.28. The molecular weight excluding hydrogens is 386 g/mol. The van der Waals surface area contributed by atoms with E-state index >= 15 is 0 Å². The Kier molecular flexibility index (Phi) is 7.35. The molecule has 1 heterocycles. The first kappa shape index (κ1) is 20.5. The van der Waals surface area contributed by atoms with Crippen LogP contribution in [0, 0.1) is 0 Å². The molecule has 0 aliphatic heterocycles. The third-order valence-corrected chi connectivity index (χ3v) is 5.13. The van der Waals surface area contributed by atoms with Gasteiger partial charge in [0.2, 0.25) is 11.0 Å². The van der Waals surface area contributed by atoms with Crippen molar-refractivity contribution < 1.29 is 14.3 Å². The van der Waals surface area contributed by atoms with Crippen LogP contribution in [0.15, 0.2) is 54.6 Å². The summed E-state index contributed by atoms with van der Waals surface area (Å²) in [6, 6.07) is 15.8. The standard InChI is InChI=1S/C22H23N3O3S/c1-27-18-13-11-17(15-19(18)28-2)12-14-20(26)23-22-25-24-21(29-22)10-6-9-16-7-4-3-5-8-16/h3-5,7-8,11-15H,6,9-10H2,1-2H3,(H,23,25,26)/b14-12+. The normalized spacial score (nSPS) is 10.8. The SMILES string of the molecule is COc1ccc(/C=C/C(=O)Nc2nnc(CCCc3ccccc3)s2)cc1OC. The van der Waals surface area contributed by atoms with Crippen LogP contribution in [-0.4, -0.2) is 30.3 Å². The Labute approximate surface area is 174 Å². The van der Waals surface area contributed by atoms with E-state index in [2.05, 4.69) is 27.6 Å². The number of anilines is 1. The molecule has 2 aromatic carbocycles. The minimum Gasteiger partial charge on any atom is -0.493 e. The van der Waals surface area contributed by atoms with Crippen LogP contribution in [0.2, 0.25) is 0 Å². The van der Waals surface area contributed by atoms with E-state index < -0.39 is 0 Å². The third-order valence-electron chi connectivity index (χ3n) is 4.23. The predicted octanol–water partition coefficient (Wildman–Crippen LogP) is 4.38. The van der Waals surface area contributed by atoms with Crippen LogP contribution in [-0.2, 0) is 17.6 Å². The molecule has 0 aliphatic carbocycles. The molecule has 1 aromatic heterocycles. The van der Waals surface area contributed by atoms with E-state index in [1.165, 1.54) is 23.0 Å². The number of ether oxygens (including phenoxy) is 2. The van der Waals surface area contributed by atoms with Crippen molar-refractivity contribution in [3.63, 3.8) is 0 Å². The highest BCUT2D eigenvalue weighted by Crippen LogP contribution is 2.28. The molecule has 0 atom stereocenters. The van der Waals surface area contributed by atoms with Crippen LogP contribution in [0.1, 0.15) is 22.6 Å². The van der Waals surface area contributed by atoms with Gasteiger partial charge in [0.05, 0.1) is 14.2 Å². The monoisotopic (exact) mass is 409 g/mol. The molecule has 3 rings (SSSR count). The maximum absolute atomic E-state index is 12.2. The summed E-state index contributed by atoms with van der Waals surface area (Å²) in [6.45, 7) is 0. The van der Waals surface area contributed by atoms with Crippen LogP contribution in [0.3, 0.4) is 0 Å². The van der Waals surface area contributed by atoms with Crippen LogP contribution in [0.4, 0.5) is 5.13 Å². The number of hydrogen-bond acceptors (Lipinski definition) is 6. The number of carbonyl (C=O) groups excluding carboxylic acids is 1. The lowest BCUT2D eigenvalue weighted by molar-refractivity contribution is -0.111. The Balaban J connectivity index is 1.50. The number of aryl methyl sites for hydroxylation is 2. The van der Waals surface area contributed by atoms with Crippen molar-refractivity contribution in [1.82, 2.24) is 10.2 Å². The van der Waals surface area contributed by atoms with Crippen molar-refractivity contribution >= 4 is 28.5 Å². The quantitative estimate of drug-likeness (QED) is 0.531. The number of aromatic nitrogens is 2. The van der Waals surface area contributed by atoms with Crippen molar-refractivity contribution in [2.75, 3.05) is 19.5 Å². The van der Waals surface area contributed by atoms with Gasteiger partial charge in [-0.1, -0.05) is 47.7 Å². The van der Waals surface area contributed by atoms with Gasteiger partial charge in [-0.15, -0.1) is 10.2 Å². The molecule has 0 saturated heterocycles. The second kappa shape index (κ2) is 10.4. The number of nitrogens with zero attached hydrogens (tertiary/aromatic N) is 2. The lowest BCUT2D eigenvalue weighted by Gasteiger charge is -2.07. The fourth-order valence-corrected chi connectivity index (χ4v) is 3.55. The number of methoxy groups -OCH3 is 2. The minimum absolute atomic E-state index is 0.258. The summed E-state index contributed by atoms with van der Waals surface area (Å²) in [7, 11) is 3.16. The number of carbonyl (C=O) groups is 1. The van der Waals surface area contributed by atoms with Gasteiger partial charge in [-0.05, 0) is 42.2 Å². The summed E-state index contributed by atoms with van der Waals surface area (Å²) in [5.74, 6) is 0.994. The van der Waals surface area contributed by atoms with Crippen LogP contribution in [0.5, 0.6) is 11.5 Å². The highest BCUT2D eigenvalue weighted by Gasteiger charge is 2.07. The highest BCUT2D eigenvalue weighted by atomic mass is 32.1. The Hall–Kier alpha value is -3.19. The topological polar surface area (TPSA) is 73.3 Å². The molecule has 0 aliphatic rings. The van der Waals surface area contributed by atoms with Gasteiger partial charge >= 0.3 is 0 Å². The Morgan fingerprint density at radius 1 is 1.03 bits per heavy atom. The summed E-state index contributed by atoms with van der Waals surface area (Å²) < 4.78 is 10.5. The predicted molar refractivity (Wildman–Crippen MR) is 116 cm³/mol. The van der Waals surface area contributed by atoms with E-state index in [1.54, 1.807) is 32.4 Å². The molecule has 0 fully saturated rings. The summed E-state index contributed by atoms with van der Waals surface area (Å²) in [5.41, 5.74) is 2.14. The molecule has 0 unspecified atom stereocenters. The average molecular weight is 410 g/mol. The van der Waals surface area contributed by atoms with Crippen molar-refractivity contribution in [3.8, 4) is 11.5 Å². The highest BCUT2D eigenvalue weighted by molar-refractivity contribution is 7.15. The van der Waals surface area contributed by atoms with E-state index in [4.69, 9.17) is 9.47 Å². The van der Waals surface area contributed by atoms with Gasteiger partial charge in [0.1, 0.15) is 5.01 Å².